The van der Waals surface area contributed by atoms with Gasteiger partial charge in [-0.15, -0.1) is 6.58 Å². The molecular formula is C21H24O5. The van der Waals surface area contributed by atoms with E-state index in [2.05, 4.69) is 13.5 Å². The molecular weight excluding hydrogens is 332 g/mol. The van der Waals surface area contributed by atoms with Crippen LogP contribution in [0.3, 0.4) is 0 Å². The van der Waals surface area contributed by atoms with E-state index in [1.807, 2.05) is 24.3 Å². The van der Waals surface area contributed by atoms with Gasteiger partial charge in [-0.2, -0.15) is 0 Å². The van der Waals surface area contributed by atoms with E-state index in [-0.39, 0.29) is 17.8 Å². The monoisotopic (exact) mass is 356 g/mol. The number of ether oxygens (including phenoxy) is 4. The third-order valence-electron chi connectivity index (χ3n) is 5.18. The van der Waals surface area contributed by atoms with Crippen molar-refractivity contribution in [2.24, 2.45) is 5.92 Å². The summed E-state index contributed by atoms with van der Waals surface area (Å²) in [5, 5.41) is 0. The summed E-state index contributed by atoms with van der Waals surface area (Å²) in [7, 11) is 4.84. The summed E-state index contributed by atoms with van der Waals surface area (Å²) in [6, 6.07) is 5.70. The van der Waals surface area contributed by atoms with Crippen molar-refractivity contribution in [2.45, 2.75) is 25.0 Å². The number of hydrogen-bond acceptors (Lipinski definition) is 5. The van der Waals surface area contributed by atoms with E-state index in [9.17, 15) is 4.79 Å². The minimum Gasteiger partial charge on any atom is -0.493 e. The molecule has 3 atom stereocenters. The Kier molecular flexibility index (Phi) is 4.92. The second-order valence-electron chi connectivity index (χ2n) is 6.47. The molecule has 0 saturated carbocycles. The number of carbonyl (C=O) groups excluding carboxylic acids is 1. The molecule has 1 heterocycles. The molecule has 138 valence electrons. The van der Waals surface area contributed by atoms with Gasteiger partial charge < -0.3 is 18.9 Å². The van der Waals surface area contributed by atoms with Crippen LogP contribution in [0.2, 0.25) is 0 Å². The maximum atomic E-state index is 12.4. The van der Waals surface area contributed by atoms with Crippen LogP contribution in [0.1, 0.15) is 25.0 Å². The summed E-state index contributed by atoms with van der Waals surface area (Å²) >= 11 is 0. The minimum absolute atomic E-state index is 0.0373. The Hall–Kier alpha value is -2.53. The molecule has 26 heavy (non-hydrogen) atoms. The number of methoxy groups -OCH3 is 3. The van der Waals surface area contributed by atoms with Gasteiger partial charge in [0.15, 0.2) is 17.3 Å². The van der Waals surface area contributed by atoms with Crippen LogP contribution in [0.5, 0.6) is 11.5 Å². The summed E-state index contributed by atoms with van der Waals surface area (Å²) < 4.78 is 22.8. The molecule has 1 saturated heterocycles. The molecule has 5 nitrogen and oxygen atoms in total. The highest BCUT2D eigenvalue weighted by Crippen LogP contribution is 2.52. The standard InChI is InChI=1S/C21H24O5/c1-6-7-15-12-21(25-5)13(2)20(26-19(21)11-16(15)22)14-8-9-17(23-3)18(10-14)24-4/h6,8-13,20H,1,7H2,2-5H3/t13?,20?,21-/m0/s1. The summed E-state index contributed by atoms with van der Waals surface area (Å²) in [6.07, 6.45) is 5.38. The molecule has 3 rings (SSSR count). The summed E-state index contributed by atoms with van der Waals surface area (Å²) in [4.78, 5) is 12.4. The lowest BCUT2D eigenvalue weighted by Gasteiger charge is -2.31. The van der Waals surface area contributed by atoms with Gasteiger partial charge in [-0.1, -0.05) is 19.1 Å². The molecule has 2 unspecified atom stereocenters. The van der Waals surface area contributed by atoms with Gasteiger partial charge in [0, 0.05) is 24.7 Å². The Balaban J connectivity index is 2.03. The molecule has 0 aromatic heterocycles. The molecule has 1 fully saturated rings. The zero-order chi connectivity index (χ0) is 18.9. The molecule has 1 aliphatic carbocycles. The molecule has 0 N–H and O–H groups in total. The Labute approximate surface area is 153 Å². The zero-order valence-corrected chi connectivity index (χ0v) is 15.6. The number of hydrogen-bond donors (Lipinski definition) is 0. The highest BCUT2D eigenvalue weighted by molar-refractivity contribution is 6.06. The summed E-state index contributed by atoms with van der Waals surface area (Å²) in [5.41, 5.74) is 0.853. The van der Waals surface area contributed by atoms with Crippen LogP contribution >= 0.6 is 0 Å². The van der Waals surface area contributed by atoms with E-state index in [1.165, 1.54) is 0 Å². The lowest BCUT2D eigenvalue weighted by atomic mass is 9.78. The summed E-state index contributed by atoms with van der Waals surface area (Å²) in [5.74, 6) is 1.74. The van der Waals surface area contributed by atoms with Crippen LogP contribution in [0, 0.1) is 5.92 Å². The maximum absolute atomic E-state index is 12.4. The molecule has 0 amide bonds. The number of allylic oxidation sites excluding steroid dienone is 3. The van der Waals surface area contributed by atoms with Gasteiger partial charge in [0.1, 0.15) is 17.5 Å². The Bertz CT molecular complexity index is 792. The number of benzene rings is 1. The topological polar surface area (TPSA) is 54.0 Å². The first kappa shape index (κ1) is 18.3. The van der Waals surface area contributed by atoms with Gasteiger partial charge in [-0.05, 0) is 30.2 Å². The van der Waals surface area contributed by atoms with Crippen molar-refractivity contribution in [2.75, 3.05) is 21.3 Å². The fourth-order valence-electron chi connectivity index (χ4n) is 3.72. The predicted octanol–water partition coefficient (Wildman–Crippen LogP) is 3.77. The average Bonchev–Trinajstić information content (AvgIpc) is 2.94. The van der Waals surface area contributed by atoms with Crippen molar-refractivity contribution in [3.63, 3.8) is 0 Å². The van der Waals surface area contributed by atoms with Crippen molar-refractivity contribution in [3.05, 3.63) is 59.9 Å². The van der Waals surface area contributed by atoms with E-state index in [0.717, 1.165) is 5.56 Å². The zero-order valence-electron chi connectivity index (χ0n) is 15.6. The van der Waals surface area contributed by atoms with Crippen LogP contribution in [-0.2, 0) is 14.3 Å². The van der Waals surface area contributed by atoms with Crippen molar-refractivity contribution >= 4 is 5.78 Å². The smallest absolute Gasteiger partial charge is 0.185 e. The molecule has 0 spiro atoms. The summed E-state index contributed by atoms with van der Waals surface area (Å²) in [6.45, 7) is 5.79. The van der Waals surface area contributed by atoms with E-state index in [1.54, 1.807) is 33.5 Å². The number of rotatable bonds is 6. The van der Waals surface area contributed by atoms with Crippen molar-refractivity contribution in [1.29, 1.82) is 0 Å². The third kappa shape index (κ3) is 2.72. The Morgan fingerprint density at radius 2 is 1.96 bits per heavy atom. The van der Waals surface area contributed by atoms with E-state index < -0.39 is 5.60 Å². The van der Waals surface area contributed by atoms with E-state index >= 15 is 0 Å². The third-order valence-corrected chi connectivity index (χ3v) is 5.18. The number of carbonyl (C=O) groups is 1. The van der Waals surface area contributed by atoms with Crippen LogP contribution in [0.15, 0.2) is 54.3 Å². The molecule has 0 radical (unpaired) electrons. The Morgan fingerprint density at radius 3 is 2.58 bits per heavy atom. The van der Waals surface area contributed by atoms with Crippen LogP contribution in [0.25, 0.3) is 0 Å². The number of ketones is 1. The van der Waals surface area contributed by atoms with Gasteiger partial charge in [0.05, 0.1) is 14.2 Å². The highest BCUT2D eigenvalue weighted by Gasteiger charge is 2.53. The largest absolute Gasteiger partial charge is 0.493 e. The van der Waals surface area contributed by atoms with Crippen molar-refractivity contribution < 1.29 is 23.7 Å². The van der Waals surface area contributed by atoms with Crippen LogP contribution < -0.4 is 9.47 Å². The second-order valence-corrected chi connectivity index (χ2v) is 6.47. The van der Waals surface area contributed by atoms with Gasteiger partial charge in [0.25, 0.3) is 0 Å². The van der Waals surface area contributed by atoms with Gasteiger partial charge in [0.2, 0.25) is 0 Å². The fraction of sp³-hybridized carbons (Fsp3) is 0.381. The normalized spacial score (nSPS) is 27.2. The van der Waals surface area contributed by atoms with Crippen LogP contribution in [-0.4, -0.2) is 32.7 Å². The lowest BCUT2D eigenvalue weighted by molar-refractivity contribution is -0.112. The fourth-order valence-corrected chi connectivity index (χ4v) is 3.72. The number of fused-ring (bicyclic) bond motifs is 1. The molecule has 5 heteroatoms. The first-order valence-electron chi connectivity index (χ1n) is 8.53. The molecule has 1 aromatic rings. The Morgan fingerprint density at radius 1 is 1.23 bits per heavy atom. The SMILES string of the molecule is C=CCC1=C[C@@]2(OC)C(=CC1=O)OC(c1ccc(OC)c(OC)c1)C2C. The lowest BCUT2D eigenvalue weighted by Crippen LogP contribution is -2.38. The first-order chi connectivity index (χ1) is 12.5. The van der Waals surface area contributed by atoms with E-state index in [4.69, 9.17) is 18.9 Å². The maximum Gasteiger partial charge on any atom is 0.185 e. The predicted molar refractivity (Wildman–Crippen MR) is 98.3 cm³/mol. The second kappa shape index (κ2) is 7.00. The average molecular weight is 356 g/mol. The van der Waals surface area contributed by atoms with Crippen LogP contribution in [0.4, 0.5) is 0 Å². The quantitative estimate of drug-likeness (QED) is 0.727. The van der Waals surface area contributed by atoms with Gasteiger partial charge in [-0.25, -0.2) is 0 Å². The molecule has 2 aliphatic rings. The minimum atomic E-state index is -0.760. The van der Waals surface area contributed by atoms with Gasteiger partial charge in [-0.3, -0.25) is 4.79 Å². The first-order valence-corrected chi connectivity index (χ1v) is 8.53. The van der Waals surface area contributed by atoms with Gasteiger partial charge >= 0.3 is 0 Å². The molecule has 1 aromatic carbocycles. The van der Waals surface area contributed by atoms with Crippen molar-refractivity contribution in [3.8, 4) is 11.5 Å². The van der Waals surface area contributed by atoms with E-state index in [0.29, 0.717) is 29.3 Å². The van der Waals surface area contributed by atoms with Crippen molar-refractivity contribution in [1.82, 2.24) is 0 Å². The highest BCUT2D eigenvalue weighted by atomic mass is 16.6. The molecule has 0 bridgehead atoms. The molecule has 1 aliphatic heterocycles.